The second-order valence-electron chi connectivity index (χ2n) is 17.0. The quantitative estimate of drug-likeness (QED) is 0.175. The zero-order valence-electron chi connectivity index (χ0n) is 34.3. The lowest BCUT2D eigenvalue weighted by Crippen LogP contribution is -2.50. The molecular formula is C47H40B8O. The van der Waals surface area contributed by atoms with Crippen molar-refractivity contribution in [3.63, 3.8) is 0 Å². The van der Waals surface area contributed by atoms with Crippen molar-refractivity contribution in [2.75, 3.05) is 0 Å². The third-order valence-corrected chi connectivity index (χ3v) is 14.1. The molecule has 0 radical (unpaired) electrons. The van der Waals surface area contributed by atoms with Crippen molar-refractivity contribution in [1.29, 1.82) is 0 Å². The molecule has 0 amide bonds. The third-order valence-electron chi connectivity index (χ3n) is 14.1. The summed E-state index contributed by atoms with van der Waals surface area (Å²) in [6.07, 6.45) is 0. The maximum absolute atomic E-state index is 6.52. The number of furan rings is 1. The van der Waals surface area contributed by atoms with E-state index in [4.69, 9.17) is 4.42 Å². The highest BCUT2D eigenvalue weighted by atomic mass is 16.3. The SMILES string of the molecule is Bc1c(B)c(B)c2c(-c3cccc4oc5ccccc5c34)c3c(B)c(B)c(B)c(B)c3c(-c3ccc(-c4ccc5c(c4)-c4ccccc4C5(C)C)cc3)c2c1B. The Bertz CT molecular complexity index is 3110. The van der Waals surface area contributed by atoms with Gasteiger partial charge in [0.05, 0.1) is 0 Å². The van der Waals surface area contributed by atoms with E-state index in [1.165, 1.54) is 126 Å². The van der Waals surface area contributed by atoms with Crippen LogP contribution in [0.5, 0.6) is 0 Å². The summed E-state index contributed by atoms with van der Waals surface area (Å²) in [7, 11) is 18.6. The highest BCUT2D eigenvalue weighted by molar-refractivity contribution is 6.71. The van der Waals surface area contributed by atoms with Crippen LogP contribution in [-0.2, 0) is 5.41 Å². The average Bonchev–Trinajstić information content (AvgIpc) is 3.71. The Kier molecular flexibility index (Phi) is 7.70. The molecule has 9 heteroatoms. The minimum atomic E-state index is -0.00220. The largest absolute Gasteiger partial charge is 0.456 e. The summed E-state index contributed by atoms with van der Waals surface area (Å²) < 4.78 is 6.52. The molecule has 0 N–H and O–H groups in total. The Morgan fingerprint density at radius 1 is 0.375 bits per heavy atom. The van der Waals surface area contributed by atoms with Crippen LogP contribution in [0.25, 0.3) is 88.0 Å². The van der Waals surface area contributed by atoms with Gasteiger partial charge in [-0.1, -0.05) is 127 Å². The van der Waals surface area contributed by atoms with Crippen LogP contribution >= 0.6 is 0 Å². The first-order valence-corrected chi connectivity index (χ1v) is 20.1. The summed E-state index contributed by atoms with van der Waals surface area (Å²) >= 11 is 0. The van der Waals surface area contributed by atoms with Crippen molar-refractivity contribution in [2.24, 2.45) is 0 Å². The fourth-order valence-electron chi connectivity index (χ4n) is 10.4. The van der Waals surface area contributed by atoms with Crippen molar-refractivity contribution in [2.45, 2.75) is 19.3 Å². The lowest BCUT2D eigenvalue weighted by molar-refractivity contribution is 0.660. The van der Waals surface area contributed by atoms with E-state index in [1.807, 2.05) is 0 Å². The standard InChI is InChI=1S/C47H40B8O/c1-47(2)28-11-5-3-8-24(28)27-20-23(18-19-29(27)47)21-14-16-22(17-15-21)32-35-37(41(50)45(54)43(52)39(35)48)34(38-36(32)40(49)44(53)46(55)42(38)51)26-10-7-13-31-33(26)25-9-4-6-12-30(25)56-31/h3-20H,48-55H2,1-2H3. The van der Waals surface area contributed by atoms with Gasteiger partial charge in [0.2, 0.25) is 0 Å². The Balaban J connectivity index is 1.30. The second-order valence-corrected chi connectivity index (χ2v) is 17.0. The van der Waals surface area contributed by atoms with E-state index in [-0.39, 0.29) is 5.41 Å². The Hall–Kier alpha value is -5.40. The van der Waals surface area contributed by atoms with Gasteiger partial charge in [-0.05, 0) is 95.4 Å². The molecule has 0 bridgehead atoms. The number of para-hydroxylation sites is 1. The Labute approximate surface area is 336 Å². The lowest BCUT2D eigenvalue weighted by atomic mass is 9.59. The van der Waals surface area contributed by atoms with Crippen LogP contribution in [0.3, 0.4) is 0 Å². The first kappa shape index (κ1) is 35.0. The zero-order valence-corrected chi connectivity index (χ0v) is 34.3. The maximum atomic E-state index is 6.52. The van der Waals surface area contributed by atoms with Crippen LogP contribution in [-0.4, -0.2) is 62.8 Å². The first-order chi connectivity index (χ1) is 26.9. The maximum Gasteiger partial charge on any atom is 0.139 e. The van der Waals surface area contributed by atoms with Gasteiger partial charge in [-0.25, -0.2) is 0 Å². The summed E-state index contributed by atoms with van der Waals surface area (Å²) in [5.74, 6) is 0. The van der Waals surface area contributed by atoms with Gasteiger partial charge in [-0.2, -0.15) is 0 Å². The molecule has 0 saturated heterocycles. The van der Waals surface area contributed by atoms with Gasteiger partial charge in [-0.3, -0.25) is 0 Å². The first-order valence-electron chi connectivity index (χ1n) is 20.1. The van der Waals surface area contributed by atoms with E-state index in [0.717, 1.165) is 16.6 Å². The van der Waals surface area contributed by atoms with Crippen LogP contribution in [0.15, 0.2) is 114 Å². The Morgan fingerprint density at radius 2 is 0.857 bits per heavy atom. The summed E-state index contributed by atoms with van der Waals surface area (Å²) in [4.78, 5) is 0. The predicted octanol–water partition coefficient (Wildman–Crippen LogP) is -0.733. The van der Waals surface area contributed by atoms with Crippen molar-refractivity contribution >= 4 is 150 Å². The van der Waals surface area contributed by atoms with Gasteiger partial charge in [0.25, 0.3) is 0 Å². The lowest BCUT2D eigenvalue weighted by Gasteiger charge is -2.28. The molecule has 258 valence electrons. The summed E-state index contributed by atoms with van der Waals surface area (Å²) in [5, 5.41) is 7.75. The number of rotatable bonds is 3. The fraction of sp³-hybridized carbons (Fsp3) is 0.0638. The van der Waals surface area contributed by atoms with E-state index in [1.54, 1.807) is 0 Å². The second kappa shape index (κ2) is 12.3. The molecule has 1 nitrogen and oxygen atoms in total. The number of hydrogen-bond acceptors (Lipinski definition) is 1. The highest BCUT2D eigenvalue weighted by Gasteiger charge is 2.35. The predicted molar refractivity (Wildman–Crippen MR) is 268 cm³/mol. The van der Waals surface area contributed by atoms with Crippen molar-refractivity contribution in [3.8, 4) is 44.5 Å². The number of fused-ring (bicyclic) bond motifs is 8. The minimum absolute atomic E-state index is 0.00220. The number of benzene rings is 8. The van der Waals surface area contributed by atoms with Crippen LogP contribution in [0, 0.1) is 0 Å². The molecule has 10 rings (SSSR count). The third kappa shape index (κ3) is 4.67. The molecule has 0 atom stereocenters. The molecule has 0 unspecified atom stereocenters. The Morgan fingerprint density at radius 3 is 1.50 bits per heavy atom. The van der Waals surface area contributed by atoms with E-state index in [9.17, 15) is 0 Å². The van der Waals surface area contributed by atoms with E-state index in [2.05, 4.69) is 186 Å². The monoisotopic (exact) mass is 708 g/mol. The molecule has 0 aliphatic heterocycles. The van der Waals surface area contributed by atoms with Crippen LogP contribution in [0.2, 0.25) is 0 Å². The zero-order chi connectivity index (χ0) is 38.9. The summed E-state index contributed by atoms with van der Waals surface area (Å²) in [6.45, 7) is 4.70. The van der Waals surface area contributed by atoms with Crippen molar-refractivity contribution < 1.29 is 4.42 Å². The van der Waals surface area contributed by atoms with E-state index in [0.29, 0.717) is 0 Å². The summed E-state index contributed by atoms with van der Waals surface area (Å²) in [5.41, 5.74) is 25.9. The van der Waals surface area contributed by atoms with Crippen molar-refractivity contribution in [3.05, 3.63) is 120 Å². The van der Waals surface area contributed by atoms with Gasteiger partial charge in [0.1, 0.15) is 73.9 Å². The van der Waals surface area contributed by atoms with Gasteiger partial charge >= 0.3 is 0 Å². The molecular weight excluding hydrogens is 667 g/mol. The molecule has 1 aliphatic rings. The molecule has 9 aromatic rings. The molecule has 1 aromatic heterocycles. The van der Waals surface area contributed by atoms with Crippen LogP contribution < -0.4 is 43.7 Å². The molecule has 56 heavy (non-hydrogen) atoms. The van der Waals surface area contributed by atoms with Crippen molar-refractivity contribution in [1.82, 2.24) is 0 Å². The van der Waals surface area contributed by atoms with Crippen LogP contribution in [0.4, 0.5) is 0 Å². The minimum Gasteiger partial charge on any atom is -0.456 e. The number of hydrogen-bond donors (Lipinski definition) is 0. The van der Waals surface area contributed by atoms with E-state index >= 15 is 0 Å². The van der Waals surface area contributed by atoms with Crippen LogP contribution in [0.1, 0.15) is 25.0 Å². The molecule has 1 aliphatic carbocycles. The molecule has 8 aromatic carbocycles. The fourth-order valence-corrected chi connectivity index (χ4v) is 10.4. The highest BCUT2D eigenvalue weighted by Crippen LogP contribution is 2.50. The smallest absolute Gasteiger partial charge is 0.139 e. The molecule has 1 heterocycles. The van der Waals surface area contributed by atoms with Gasteiger partial charge < -0.3 is 4.42 Å². The average molecular weight is 707 g/mol. The molecule has 0 saturated carbocycles. The topological polar surface area (TPSA) is 13.1 Å². The van der Waals surface area contributed by atoms with Gasteiger partial charge in [0.15, 0.2) is 0 Å². The van der Waals surface area contributed by atoms with E-state index < -0.39 is 0 Å². The normalized spacial score (nSPS) is 13.2. The van der Waals surface area contributed by atoms with Gasteiger partial charge in [-0.15, -0.1) is 21.9 Å². The summed E-state index contributed by atoms with van der Waals surface area (Å²) in [6, 6.07) is 40.6. The molecule has 0 fully saturated rings. The van der Waals surface area contributed by atoms with Gasteiger partial charge in [0, 0.05) is 16.2 Å². The molecule has 0 spiro atoms.